The minimum Gasteiger partial charge on any atom is -0.496 e. The Kier molecular flexibility index (Phi) is 3.71. The Hall–Kier alpha value is -1.46. The first-order valence-electron chi connectivity index (χ1n) is 5.48. The fraction of sp³-hybridized carbons (Fsp3) is 0.333. The second-order valence-electron chi connectivity index (χ2n) is 3.59. The second kappa shape index (κ2) is 5.25. The van der Waals surface area contributed by atoms with Crippen LogP contribution in [0.2, 0.25) is 0 Å². The van der Waals surface area contributed by atoms with Gasteiger partial charge in [-0.3, -0.25) is 0 Å². The van der Waals surface area contributed by atoms with Gasteiger partial charge in [0.2, 0.25) is 0 Å². The first-order valence-corrected chi connectivity index (χ1v) is 6.29. The first kappa shape index (κ1) is 12.0. The number of methoxy groups -OCH3 is 1. The van der Waals surface area contributed by atoms with Gasteiger partial charge in [-0.15, -0.1) is 10.2 Å². The molecule has 0 bridgehead atoms. The van der Waals surface area contributed by atoms with E-state index in [9.17, 15) is 0 Å². The minimum atomic E-state index is 0.424. The molecule has 2 rings (SSSR count). The Morgan fingerprint density at radius 1 is 1.35 bits per heavy atom. The SMILES string of the molecule is CCc1ccc(OC)c(-c2nnc(CN)s2)c1. The molecule has 0 aliphatic rings. The molecule has 1 aromatic carbocycles. The highest BCUT2D eigenvalue weighted by molar-refractivity contribution is 7.14. The van der Waals surface area contributed by atoms with E-state index < -0.39 is 0 Å². The van der Waals surface area contributed by atoms with Crippen molar-refractivity contribution in [3.05, 3.63) is 28.8 Å². The van der Waals surface area contributed by atoms with Gasteiger partial charge in [0, 0.05) is 6.54 Å². The van der Waals surface area contributed by atoms with Crippen molar-refractivity contribution in [3.63, 3.8) is 0 Å². The summed E-state index contributed by atoms with van der Waals surface area (Å²) in [5, 5.41) is 9.88. The van der Waals surface area contributed by atoms with E-state index in [1.54, 1.807) is 7.11 Å². The molecule has 0 spiro atoms. The molecule has 1 aromatic heterocycles. The number of hydrogen-bond donors (Lipinski definition) is 1. The van der Waals surface area contributed by atoms with Gasteiger partial charge in [0.15, 0.2) is 5.01 Å². The maximum Gasteiger partial charge on any atom is 0.151 e. The van der Waals surface area contributed by atoms with Crippen LogP contribution in [0.5, 0.6) is 5.75 Å². The van der Waals surface area contributed by atoms with Crippen LogP contribution in [0, 0.1) is 0 Å². The molecule has 1 heterocycles. The molecule has 0 aliphatic heterocycles. The number of aryl methyl sites for hydroxylation is 1. The van der Waals surface area contributed by atoms with E-state index in [1.807, 2.05) is 6.07 Å². The third-order valence-corrected chi connectivity index (χ3v) is 3.52. The number of rotatable bonds is 4. The van der Waals surface area contributed by atoms with Gasteiger partial charge in [-0.1, -0.05) is 24.3 Å². The quantitative estimate of drug-likeness (QED) is 0.902. The van der Waals surface area contributed by atoms with E-state index in [0.29, 0.717) is 6.54 Å². The number of nitrogens with two attached hydrogens (primary N) is 1. The first-order chi connectivity index (χ1) is 8.28. The molecular weight excluding hydrogens is 234 g/mol. The third-order valence-electron chi connectivity index (χ3n) is 2.54. The summed E-state index contributed by atoms with van der Waals surface area (Å²) in [7, 11) is 1.66. The van der Waals surface area contributed by atoms with Crippen LogP contribution in [0.1, 0.15) is 17.5 Å². The maximum atomic E-state index is 5.54. The number of hydrogen-bond acceptors (Lipinski definition) is 5. The molecule has 90 valence electrons. The molecule has 0 fully saturated rings. The van der Waals surface area contributed by atoms with Crippen LogP contribution in [0.4, 0.5) is 0 Å². The van der Waals surface area contributed by atoms with E-state index in [2.05, 4.69) is 29.3 Å². The summed E-state index contributed by atoms with van der Waals surface area (Å²) in [5.41, 5.74) is 7.79. The lowest BCUT2D eigenvalue weighted by molar-refractivity contribution is 0.416. The number of nitrogens with zero attached hydrogens (tertiary/aromatic N) is 2. The highest BCUT2D eigenvalue weighted by atomic mass is 32.1. The van der Waals surface area contributed by atoms with Gasteiger partial charge in [0.1, 0.15) is 10.8 Å². The van der Waals surface area contributed by atoms with Crippen molar-refractivity contribution in [2.24, 2.45) is 5.73 Å². The number of benzene rings is 1. The summed E-state index contributed by atoms with van der Waals surface area (Å²) in [6.45, 7) is 2.55. The summed E-state index contributed by atoms with van der Waals surface area (Å²) >= 11 is 1.51. The summed E-state index contributed by atoms with van der Waals surface area (Å²) in [6.07, 6.45) is 0.986. The molecular formula is C12H15N3OS. The molecule has 17 heavy (non-hydrogen) atoms. The van der Waals surface area contributed by atoms with Crippen molar-refractivity contribution in [2.75, 3.05) is 7.11 Å². The van der Waals surface area contributed by atoms with Gasteiger partial charge < -0.3 is 10.5 Å². The monoisotopic (exact) mass is 249 g/mol. The lowest BCUT2D eigenvalue weighted by Gasteiger charge is -2.07. The van der Waals surface area contributed by atoms with Crippen LogP contribution in [0.15, 0.2) is 18.2 Å². The fourth-order valence-electron chi connectivity index (χ4n) is 1.59. The Bertz CT molecular complexity index is 510. The van der Waals surface area contributed by atoms with Crippen LogP contribution in [-0.4, -0.2) is 17.3 Å². The van der Waals surface area contributed by atoms with Crippen molar-refractivity contribution in [1.29, 1.82) is 0 Å². The van der Waals surface area contributed by atoms with Crippen molar-refractivity contribution in [1.82, 2.24) is 10.2 Å². The van der Waals surface area contributed by atoms with Gasteiger partial charge in [-0.05, 0) is 24.1 Å². The zero-order chi connectivity index (χ0) is 12.3. The van der Waals surface area contributed by atoms with Crippen LogP contribution in [0.3, 0.4) is 0 Å². The predicted molar refractivity (Wildman–Crippen MR) is 69.2 cm³/mol. The largest absolute Gasteiger partial charge is 0.496 e. The molecule has 0 radical (unpaired) electrons. The average molecular weight is 249 g/mol. The minimum absolute atomic E-state index is 0.424. The molecule has 0 saturated heterocycles. The molecule has 2 aromatic rings. The smallest absolute Gasteiger partial charge is 0.151 e. The Labute approximate surface area is 104 Å². The van der Waals surface area contributed by atoms with Crippen LogP contribution < -0.4 is 10.5 Å². The van der Waals surface area contributed by atoms with Crippen LogP contribution in [0.25, 0.3) is 10.6 Å². The summed E-state index contributed by atoms with van der Waals surface area (Å²) in [5.74, 6) is 0.821. The van der Waals surface area contributed by atoms with E-state index in [4.69, 9.17) is 10.5 Å². The molecule has 0 amide bonds. The molecule has 0 saturated carbocycles. The van der Waals surface area contributed by atoms with Crippen molar-refractivity contribution >= 4 is 11.3 Å². The van der Waals surface area contributed by atoms with Crippen LogP contribution in [-0.2, 0) is 13.0 Å². The van der Waals surface area contributed by atoms with Crippen molar-refractivity contribution < 1.29 is 4.74 Å². The fourth-order valence-corrected chi connectivity index (χ4v) is 2.33. The predicted octanol–water partition coefficient (Wildman–Crippen LogP) is 2.23. The summed E-state index contributed by atoms with van der Waals surface area (Å²) in [6, 6.07) is 6.13. The summed E-state index contributed by atoms with van der Waals surface area (Å²) < 4.78 is 5.35. The van der Waals surface area contributed by atoms with Crippen LogP contribution >= 0.6 is 11.3 Å². The van der Waals surface area contributed by atoms with E-state index in [1.165, 1.54) is 16.9 Å². The zero-order valence-corrected chi connectivity index (χ0v) is 10.8. The Morgan fingerprint density at radius 2 is 2.18 bits per heavy atom. The third kappa shape index (κ3) is 2.45. The Morgan fingerprint density at radius 3 is 2.76 bits per heavy atom. The van der Waals surface area contributed by atoms with E-state index in [0.717, 1.165) is 27.7 Å². The maximum absolute atomic E-state index is 5.54. The van der Waals surface area contributed by atoms with Crippen molar-refractivity contribution in [2.45, 2.75) is 19.9 Å². The normalized spacial score (nSPS) is 10.5. The highest BCUT2D eigenvalue weighted by Crippen LogP contribution is 2.32. The van der Waals surface area contributed by atoms with Gasteiger partial charge in [0.05, 0.1) is 12.7 Å². The molecule has 4 nitrogen and oxygen atoms in total. The molecule has 0 atom stereocenters. The van der Waals surface area contributed by atoms with Gasteiger partial charge in [-0.2, -0.15) is 0 Å². The van der Waals surface area contributed by atoms with Crippen molar-refractivity contribution in [3.8, 4) is 16.3 Å². The van der Waals surface area contributed by atoms with Gasteiger partial charge >= 0.3 is 0 Å². The number of ether oxygens (including phenoxy) is 1. The topological polar surface area (TPSA) is 61.0 Å². The van der Waals surface area contributed by atoms with Gasteiger partial charge in [-0.25, -0.2) is 0 Å². The average Bonchev–Trinajstić information content (AvgIpc) is 2.86. The standard InChI is InChI=1S/C12H15N3OS/c1-3-8-4-5-10(16-2)9(6-8)12-15-14-11(7-13)17-12/h4-6H,3,7,13H2,1-2H3. The lowest BCUT2D eigenvalue weighted by Crippen LogP contribution is -1.94. The molecule has 5 heteroatoms. The van der Waals surface area contributed by atoms with Gasteiger partial charge in [0.25, 0.3) is 0 Å². The molecule has 0 aliphatic carbocycles. The zero-order valence-electron chi connectivity index (χ0n) is 9.93. The number of aromatic nitrogens is 2. The lowest BCUT2D eigenvalue weighted by atomic mass is 10.1. The summed E-state index contributed by atoms with van der Waals surface area (Å²) in [4.78, 5) is 0. The second-order valence-corrected chi connectivity index (χ2v) is 4.66. The van der Waals surface area contributed by atoms with E-state index in [-0.39, 0.29) is 0 Å². The molecule has 2 N–H and O–H groups in total. The van der Waals surface area contributed by atoms with E-state index >= 15 is 0 Å². The highest BCUT2D eigenvalue weighted by Gasteiger charge is 2.11. The Balaban J connectivity index is 2.47. The molecule has 0 unspecified atom stereocenters.